The Morgan fingerprint density at radius 2 is 1.93 bits per heavy atom. The average Bonchev–Trinajstić information content (AvgIpc) is 3.14. The average molecular weight is 419 g/mol. The third-order valence-electron chi connectivity index (χ3n) is 6.05. The molecule has 0 amide bonds. The second kappa shape index (κ2) is 7.23. The fourth-order valence-electron chi connectivity index (χ4n) is 4.65. The minimum absolute atomic E-state index is 0.106. The molecule has 0 aromatic heterocycles. The van der Waals surface area contributed by atoms with Crippen LogP contribution in [0.3, 0.4) is 0 Å². The maximum Gasteiger partial charge on any atom is 0.234 e. The van der Waals surface area contributed by atoms with Crippen molar-refractivity contribution >= 4 is 17.3 Å². The molecule has 6 heteroatoms. The van der Waals surface area contributed by atoms with Gasteiger partial charge in [0.15, 0.2) is 0 Å². The molecule has 3 aliphatic rings. The molecule has 30 heavy (non-hydrogen) atoms. The van der Waals surface area contributed by atoms with E-state index in [1.54, 1.807) is 30.3 Å². The molecule has 0 radical (unpaired) electrons. The number of hydrogen-bond acceptors (Lipinski definition) is 3. The Bertz CT molecular complexity index is 1200. The zero-order chi connectivity index (χ0) is 20.8. The van der Waals surface area contributed by atoms with Gasteiger partial charge in [-0.05, 0) is 66.0 Å². The molecular formula is C24H18ClFN3O+. The molecule has 0 spiro atoms. The normalized spacial score (nSPS) is 24.6. The summed E-state index contributed by atoms with van der Waals surface area (Å²) in [7, 11) is 0. The molecule has 0 saturated heterocycles. The maximum absolute atomic E-state index is 13.6. The third kappa shape index (κ3) is 3.05. The van der Waals surface area contributed by atoms with Gasteiger partial charge in [0.05, 0.1) is 16.5 Å². The highest BCUT2D eigenvalue weighted by atomic mass is 35.5. The quantitative estimate of drug-likeness (QED) is 0.566. The van der Waals surface area contributed by atoms with Gasteiger partial charge >= 0.3 is 0 Å². The molecular weight excluding hydrogens is 401 g/mol. The van der Waals surface area contributed by atoms with Gasteiger partial charge in [0.2, 0.25) is 11.7 Å². The second-order valence-electron chi connectivity index (χ2n) is 7.77. The van der Waals surface area contributed by atoms with Gasteiger partial charge in [-0.2, -0.15) is 5.26 Å². The summed E-state index contributed by atoms with van der Waals surface area (Å²) in [4.78, 5) is 0. The summed E-state index contributed by atoms with van der Waals surface area (Å²) < 4.78 is 15.5. The molecule has 1 aliphatic heterocycles. The standard InChI is InChI=1S/C24H17ClFN3O/c25-22-12-18(7-3-16(22)13-27)29-24(14-1-5-17(26)6-2-14)21-9-4-15-11-19(30)8-10-20(15)23(21)28-29/h1-3,5-8,10-12,15,21,24H,4,9H2/p+1/t15?,21-,24-/m0/s1. The molecule has 2 aromatic rings. The van der Waals surface area contributed by atoms with E-state index in [9.17, 15) is 14.8 Å². The number of nitriles is 1. The number of nitrogens with zero attached hydrogens (tertiary/aromatic N) is 3. The van der Waals surface area contributed by atoms with Crippen LogP contribution in [0.25, 0.3) is 0 Å². The predicted octanol–water partition coefficient (Wildman–Crippen LogP) is 6.49. The van der Waals surface area contributed by atoms with E-state index in [-0.39, 0.29) is 29.5 Å². The highest BCUT2D eigenvalue weighted by molar-refractivity contribution is 6.31. The lowest BCUT2D eigenvalue weighted by molar-refractivity contribution is -0.548. The number of hydrogen-bond donors (Lipinski definition) is 1. The van der Waals surface area contributed by atoms with Crippen LogP contribution in [0.4, 0.5) is 10.1 Å². The Labute approximate surface area is 178 Å². The molecule has 1 unspecified atom stereocenters. The van der Waals surface area contributed by atoms with Crippen molar-refractivity contribution in [2.45, 2.75) is 18.9 Å². The summed E-state index contributed by atoms with van der Waals surface area (Å²) in [5, 5.41) is 24.4. The van der Waals surface area contributed by atoms with Gasteiger partial charge in [-0.15, -0.1) is 0 Å². The fourth-order valence-corrected chi connectivity index (χ4v) is 4.87. The number of halogens is 2. The van der Waals surface area contributed by atoms with Crippen LogP contribution in [-0.4, -0.2) is 9.80 Å². The van der Waals surface area contributed by atoms with Gasteiger partial charge in [-0.3, -0.25) is 0 Å². The first kappa shape index (κ1) is 18.8. The van der Waals surface area contributed by atoms with Gasteiger partial charge in [0.25, 0.3) is 0 Å². The number of aliphatic hydroxyl groups excluding tert-OH is 1. The third-order valence-corrected chi connectivity index (χ3v) is 6.36. The highest BCUT2D eigenvalue weighted by Crippen LogP contribution is 2.51. The number of benzene rings is 2. The van der Waals surface area contributed by atoms with E-state index in [2.05, 4.69) is 6.07 Å². The predicted molar refractivity (Wildman–Crippen MR) is 111 cm³/mol. The number of azo groups is 2. The van der Waals surface area contributed by atoms with Crippen LogP contribution in [0.5, 0.6) is 0 Å². The lowest BCUT2D eigenvalue weighted by Crippen LogP contribution is -2.23. The second-order valence-corrected chi connectivity index (χ2v) is 8.18. The lowest BCUT2D eigenvalue weighted by Gasteiger charge is -2.27. The summed E-state index contributed by atoms with van der Waals surface area (Å²) in [6.45, 7) is 0. The van der Waals surface area contributed by atoms with Gasteiger partial charge < -0.3 is 5.11 Å². The van der Waals surface area contributed by atoms with Crippen LogP contribution >= 0.6 is 11.6 Å². The van der Waals surface area contributed by atoms with Crippen LogP contribution < -0.4 is 0 Å². The first-order valence-electron chi connectivity index (χ1n) is 9.84. The monoisotopic (exact) mass is 418 g/mol. The molecule has 1 heterocycles. The van der Waals surface area contributed by atoms with Gasteiger partial charge in [-0.25, -0.2) is 4.39 Å². The molecule has 4 nitrogen and oxygen atoms in total. The van der Waals surface area contributed by atoms with Crippen molar-refractivity contribution in [3.63, 3.8) is 0 Å². The van der Waals surface area contributed by atoms with Gasteiger partial charge in [-0.1, -0.05) is 22.4 Å². The summed E-state index contributed by atoms with van der Waals surface area (Å²) in [5.74, 6) is 0.282. The first-order valence-corrected chi connectivity index (χ1v) is 10.2. The van der Waals surface area contributed by atoms with Crippen LogP contribution in [0.15, 0.2) is 82.8 Å². The van der Waals surface area contributed by atoms with Crippen molar-refractivity contribution < 1.29 is 14.2 Å². The number of rotatable bonds is 2. The Morgan fingerprint density at radius 3 is 2.67 bits per heavy atom. The molecule has 148 valence electrons. The van der Waals surface area contributed by atoms with E-state index in [1.807, 2.05) is 22.9 Å². The molecule has 0 fully saturated rings. The van der Waals surface area contributed by atoms with Crippen molar-refractivity contribution in [3.8, 4) is 6.07 Å². The summed E-state index contributed by atoms with van der Waals surface area (Å²) in [6.07, 6.45) is 7.33. The van der Waals surface area contributed by atoms with E-state index in [4.69, 9.17) is 16.7 Å². The summed E-state index contributed by atoms with van der Waals surface area (Å²) in [5.41, 5.74) is 4.26. The zero-order valence-electron chi connectivity index (χ0n) is 16.0. The van der Waals surface area contributed by atoms with E-state index in [0.717, 1.165) is 35.4 Å². The highest BCUT2D eigenvalue weighted by Gasteiger charge is 2.48. The lowest BCUT2D eigenvalue weighted by atomic mass is 9.74. The number of aliphatic hydroxyl groups is 1. The van der Waals surface area contributed by atoms with Crippen molar-refractivity contribution in [2.24, 2.45) is 17.0 Å². The summed E-state index contributed by atoms with van der Waals surface area (Å²) in [6, 6.07) is 13.8. The zero-order valence-corrected chi connectivity index (χ0v) is 16.7. The van der Waals surface area contributed by atoms with Crippen LogP contribution in [-0.2, 0) is 0 Å². The van der Waals surface area contributed by atoms with Crippen molar-refractivity contribution in [3.05, 3.63) is 99.7 Å². The first-order chi connectivity index (χ1) is 14.5. The molecule has 0 bridgehead atoms. The van der Waals surface area contributed by atoms with Crippen LogP contribution in [0.1, 0.15) is 30.0 Å². The molecule has 5 rings (SSSR count). The Balaban J connectivity index is 1.67. The molecule has 0 saturated carbocycles. The Morgan fingerprint density at radius 1 is 1.13 bits per heavy atom. The van der Waals surface area contributed by atoms with Crippen molar-refractivity contribution in [1.82, 2.24) is 0 Å². The molecule has 2 aromatic carbocycles. The van der Waals surface area contributed by atoms with E-state index < -0.39 is 0 Å². The SMILES string of the molecule is N#Cc1ccc([N+]2=NC3=C4C=CC(O)=CC4CC[C@@H]3[C@@H]2c2ccc(F)cc2)cc1Cl. The largest absolute Gasteiger partial charge is 0.508 e. The van der Waals surface area contributed by atoms with Crippen LogP contribution in [0.2, 0.25) is 5.02 Å². The Kier molecular flexibility index (Phi) is 4.52. The van der Waals surface area contributed by atoms with Gasteiger partial charge in [0, 0.05) is 23.6 Å². The fraction of sp³-hybridized carbons (Fsp3) is 0.208. The van der Waals surface area contributed by atoms with E-state index in [0.29, 0.717) is 10.6 Å². The smallest absolute Gasteiger partial charge is 0.234 e. The Hall–Kier alpha value is -3.23. The van der Waals surface area contributed by atoms with Gasteiger partial charge in [0.1, 0.15) is 23.3 Å². The van der Waals surface area contributed by atoms with Crippen molar-refractivity contribution in [1.29, 1.82) is 5.26 Å². The van der Waals surface area contributed by atoms with E-state index >= 15 is 0 Å². The van der Waals surface area contributed by atoms with Crippen LogP contribution in [0, 0.1) is 29.0 Å². The molecule has 2 aliphatic carbocycles. The summed E-state index contributed by atoms with van der Waals surface area (Å²) >= 11 is 6.30. The molecule has 1 N–H and O–H groups in total. The van der Waals surface area contributed by atoms with Crippen molar-refractivity contribution in [2.75, 3.05) is 0 Å². The number of allylic oxidation sites excluding steroid dienone is 4. The minimum Gasteiger partial charge on any atom is -0.508 e. The van der Waals surface area contributed by atoms with E-state index in [1.165, 1.54) is 12.1 Å². The minimum atomic E-state index is -0.278. The molecule has 3 atom stereocenters. The topological polar surface area (TPSA) is 59.4 Å². The number of fused-ring (bicyclic) bond motifs is 2. The maximum atomic E-state index is 13.6.